The van der Waals surface area contributed by atoms with E-state index < -0.39 is 0 Å². The number of furan rings is 1. The lowest BCUT2D eigenvalue weighted by atomic mass is 10.2. The van der Waals surface area contributed by atoms with Crippen LogP contribution in [0.25, 0.3) is 10.9 Å². The second-order valence-electron chi connectivity index (χ2n) is 4.70. The second kappa shape index (κ2) is 5.66. The summed E-state index contributed by atoms with van der Waals surface area (Å²) in [5.41, 5.74) is 1.46. The van der Waals surface area contributed by atoms with Crippen molar-refractivity contribution in [1.82, 2.24) is 9.88 Å². The largest absolute Gasteiger partial charge is 0.467 e. The molecule has 1 N–H and O–H groups in total. The van der Waals surface area contributed by atoms with Gasteiger partial charge in [-0.05, 0) is 18.2 Å². The van der Waals surface area contributed by atoms with E-state index in [1.54, 1.807) is 29.2 Å². The van der Waals surface area contributed by atoms with E-state index in [4.69, 9.17) is 4.42 Å². The van der Waals surface area contributed by atoms with Crippen molar-refractivity contribution in [1.29, 1.82) is 0 Å². The van der Waals surface area contributed by atoms with E-state index in [1.807, 2.05) is 24.3 Å². The molecule has 0 saturated carbocycles. The van der Waals surface area contributed by atoms with Gasteiger partial charge in [-0.15, -0.1) is 0 Å². The molecule has 5 heteroatoms. The molecule has 3 aromatic rings. The van der Waals surface area contributed by atoms with Crippen molar-refractivity contribution < 1.29 is 14.0 Å². The van der Waals surface area contributed by atoms with E-state index in [1.165, 1.54) is 0 Å². The number of nitrogens with zero attached hydrogens (tertiary/aromatic N) is 1. The highest BCUT2D eigenvalue weighted by atomic mass is 16.3. The van der Waals surface area contributed by atoms with E-state index in [0.717, 1.165) is 17.2 Å². The Morgan fingerprint density at radius 2 is 2.10 bits per heavy atom. The fourth-order valence-corrected chi connectivity index (χ4v) is 2.31. The quantitative estimate of drug-likeness (QED) is 0.731. The number of nitrogens with one attached hydrogen (secondary N) is 1. The summed E-state index contributed by atoms with van der Waals surface area (Å²) >= 11 is 0. The summed E-state index contributed by atoms with van der Waals surface area (Å²) in [6, 6.07) is 11.1. The maximum Gasteiger partial charge on any atom is 0.240 e. The summed E-state index contributed by atoms with van der Waals surface area (Å²) in [6.45, 7) is 0.515. The maximum atomic E-state index is 12.0. The Labute approximate surface area is 121 Å². The number of hydrogen-bond acceptors (Lipinski definition) is 3. The number of amides is 1. The maximum absolute atomic E-state index is 12.0. The van der Waals surface area contributed by atoms with Crippen LogP contribution in [-0.2, 0) is 17.9 Å². The molecule has 0 spiro atoms. The van der Waals surface area contributed by atoms with Crippen LogP contribution in [-0.4, -0.2) is 16.8 Å². The first-order valence-electron chi connectivity index (χ1n) is 6.60. The smallest absolute Gasteiger partial charge is 0.240 e. The monoisotopic (exact) mass is 282 g/mol. The van der Waals surface area contributed by atoms with Gasteiger partial charge in [0.25, 0.3) is 0 Å². The van der Waals surface area contributed by atoms with Crippen molar-refractivity contribution in [3.63, 3.8) is 0 Å². The van der Waals surface area contributed by atoms with Gasteiger partial charge in [0.05, 0.1) is 12.8 Å². The highest BCUT2D eigenvalue weighted by Gasteiger charge is 2.10. The van der Waals surface area contributed by atoms with Crippen LogP contribution >= 0.6 is 0 Å². The molecule has 0 atom stereocenters. The Morgan fingerprint density at radius 3 is 2.86 bits per heavy atom. The SMILES string of the molecule is O=Cc1cn(CC(=O)NCc2ccco2)c2ccccc12. The third-order valence-electron chi connectivity index (χ3n) is 3.30. The van der Waals surface area contributed by atoms with Crippen LogP contribution in [0.4, 0.5) is 0 Å². The third-order valence-corrected chi connectivity index (χ3v) is 3.30. The number of aldehydes is 1. The average molecular weight is 282 g/mol. The Hall–Kier alpha value is -2.82. The number of rotatable bonds is 5. The summed E-state index contributed by atoms with van der Waals surface area (Å²) in [4.78, 5) is 23.1. The minimum atomic E-state index is -0.135. The molecule has 0 aliphatic rings. The van der Waals surface area contributed by atoms with Crippen molar-refractivity contribution in [3.8, 4) is 0 Å². The molecule has 3 rings (SSSR count). The number of hydrogen-bond donors (Lipinski definition) is 1. The number of para-hydroxylation sites is 1. The molecule has 0 radical (unpaired) electrons. The van der Waals surface area contributed by atoms with E-state index in [0.29, 0.717) is 17.9 Å². The van der Waals surface area contributed by atoms with Crippen LogP contribution in [0.5, 0.6) is 0 Å². The normalized spacial score (nSPS) is 10.7. The first-order chi connectivity index (χ1) is 10.3. The van der Waals surface area contributed by atoms with Crippen LogP contribution in [0, 0.1) is 0 Å². The van der Waals surface area contributed by atoms with Gasteiger partial charge in [0.2, 0.25) is 5.91 Å². The minimum absolute atomic E-state index is 0.135. The van der Waals surface area contributed by atoms with Crippen molar-refractivity contribution in [2.75, 3.05) is 0 Å². The van der Waals surface area contributed by atoms with Gasteiger partial charge in [-0.3, -0.25) is 9.59 Å². The fourth-order valence-electron chi connectivity index (χ4n) is 2.31. The van der Waals surface area contributed by atoms with Crippen molar-refractivity contribution in [2.45, 2.75) is 13.1 Å². The fraction of sp³-hybridized carbons (Fsp3) is 0.125. The summed E-state index contributed by atoms with van der Waals surface area (Å²) < 4.78 is 6.93. The predicted molar refractivity (Wildman–Crippen MR) is 77.9 cm³/mol. The molecule has 1 amide bonds. The molecular formula is C16H14N2O3. The van der Waals surface area contributed by atoms with Gasteiger partial charge in [-0.1, -0.05) is 18.2 Å². The number of aromatic nitrogens is 1. The topological polar surface area (TPSA) is 64.2 Å². The predicted octanol–water partition coefficient (Wildman–Crippen LogP) is 2.36. The number of carbonyl (C=O) groups excluding carboxylic acids is 2. The highest BCUT2D eigenvalue weighted by molar-refractivity contribution is 5.98. The molecule has 0 bridgehead atoms. The molecular weight excluding hydrogens is 268 g/mol. The Morgan fingerprint density at radius 1 is 1.24 bits per heavy atom. The Kier molecular flexibility index (Phi) is 3.55. The number of carbonyl (C=O) groups is 2. The van der Waals surface area contributed by atoms with Gasteiger partial charge < -0.3 is 14.3 Å². The summed E-state index contributed by atoms with van der Waals surface area (Å²) in [7, 11) is 0. The lowest BCUT2D eigenvalue weighted by Gasteiger charge is -2.06. The van der Waals surface area contributed by atoms with Gasteiger partial charge in [0, 0.05) is 22.7 Å². The molecule has 5 nitrogen and oxygen atoms in total. The zero-order chi connectivity index (χ0) is 14.7. The molecule has 0 fully saturated rings. The van der Waals surface area contributed by atoms with Crippen LogP contribution in [0.15, 0.2) is 53.3 Å². The molecule has 0 saturated heterocycles. The molecule has 2 aromatic heterocycles. The first kappa shape index (κ1) is 13.2. The van der Waals surface area contributed by atoms with Gasteiger partial charge in [-0.25, -0.2) is 0 Å². The van der Waals surface area contributed by atoms with E-state index in [9.17, 15) is 9.59 Å². The molecule has 21 heavy (non-hydrogen) atoms. The Balaban J connectivity index is 1.75. The zero-order valence-electron chi connectivity index (χ0n) is 11.3. The van der Waals surface area contributed by atoms with Gasteiger partial charge >= 0.3 is 0 Å². The van der Waals surface area contributed by atoms with Gasteiger partial charge in [0.1, 0.15) is 12.3 Å². The molecule has 0 aliphatic carbocycles. The first-order valence-corrected chi connectivity index (χ1v) is 6.60. The molecule has 1 aromatic carbocycles. The average Bonchev–Trinajstić information content (AvgIpc) is 3.13. The second-order valence-corrected chi connectivity index (χ2v) is 4.70. The van der Waals surface area contributed by atoms with Crippen LogP contribution in [0.1, 0.15) is 16.1 Å². The van der Waals surface area contributed by atoms with Crippen LogP contribution in [0.2, 0.25) is 0 Å². The van der Waals surface area contributed by atoms with Gasteiger partial charge in [-0.2, -0.15) is 0 Å². The number of benzene rings is 1. The lowest BCUT2D eigenvalue weighted by molar-refractivity contribution is -0.121. The zero-order valence-corrected chi connectivity index (χ0v) is 11.3. The minimum Gasteiger partial charge on any atom is -0.467 e. The number of fused-ring (bicyclic) bond motifs is 1. The standard InChI is InChI=1S/C16H14N2O3/c19-11-12-9-18(15-6-2-1-5-14(12)15)10-16(20)17-8-13-4-3-7-21-13/h1-7,9,11H,8,10H2,(H,17,20). The van der Waals surface area contributed by atoms with Crippen molar-refractivity contribution >= 4 is 23.1 Å². The third kappa shape index (κ3) is 2.72. The molecule has 0 aliphatic heterocycles. The van der Waals surface area contributed by atoms with Crippen LogP contribution < -0.4 is 5.32 Å². The Bertz CT molecular complexity index is 772. The summed E-state index contributed by atoms with van der Waals surface area (Å²) in [5.74, 6) is 0.568. The molecule has 106 valence electrons. The molecule has 0 unspecified atom stereocenters. The summed E-state index contributed by atoms with van der Waals surface area (Å²) in [6.07, 6.45) is 4.07. The van der Waals surface area contributed by atoms with E-state index in [-0.39, 0.29) is 12.5 Å². The van der Waals surface area contributed by atoms with E-state index >= 15 is 0 Å². The highest BCUT2D eigenvalue weighted by Crippen LogP contribution is 2.19. The lowest BCUT2D eigenvalue weighted by Crippen LogP contribution is -2.26. The summed E-state index contributed by atoms with van der Waals surface area (Å²) in [5, 5.41) is 3.64. The van der Waals surface area contributed by atoms with Crippen LogP contribution in [0.3, 0.4) is 0 Å². The molecule has 2 heterocycles. The van der Waals surface area contributed by atoms with Crippen molar-refractivity contribution in [3.05, 3.63) is 60.2 Å². The van der Waals surface area contributed by atoms with Crippen molar-refractivity contribution in [2.24, 2.45) is 0 Å². The van der Waals surface area contributed by atoms with Gasteiger partial charge in [0.15, 0.2) is 6.29 Å². The van der Waals surface area contributed by atoms with E-state index in [2.05, 4.69) is 5.32 Å².